The first-order valence-corrected chi connectivity index (χ1v) is 10.1. The van der Waals surface area contributed by atoms with E-state index in [-0.39, 0.29) is 23.7 Å². The number of hydrogen-bond donors (Lipinski definition) is 2. The lowest BCUT2D eigenvalue weighted by Gasteiger charge is -2.17. The Hall–Kier alpha value is -4.65. The van der Waals surface area contributed by atoms with Crippen molar-refractivity contribution in [3.05, 3.63) is 94.3 Å². The third-order valence-electron chi connectivity index (χ3n) is 4.89. The maximum atomic E-state index is 13.4. The molecule has 0 fully saturated rings. The van der Waals surface area contributed by atoms with Crippen molar-refractivity contribution in [2.75, 3.05) is 7.11 Å². The maximum absolute atomic E-state index is 13.4. The number of ether oxygens (including phenoxy) is 1. The van der Waals surface area contributed by atoms with Gasteiger partial charge in [0, 0.05) is 12.6 Å². The van der Waals surface area contributed by atoms with Gasteiger partial charge in [0.05, 0.1) is 18.7 Å². The molecule has 0 unspecified atom stereocenters. The Balaban J connectivity index is 1.72. The fourth-order valence-electron chi connectivity index (χ4n) is 3.05. The number of aromatic nitrogens is 2. The minimum atomic E-state index is -1.15. The van der Waals surface area contributed by atoms with Crippen molar-refractivity contribution in [1.29, 1.82) is 5.26 Å². The molecule has 0 aliphatic heterocycles. The maximum Gasteiger partial charge on any atom is 0.333 e. The van der Waals surface area contributed by atoms with E-state index in [0.29, 0.717) is 22.3 Å². The van der Waals surface area contributed by atoms with E-state index in [0.717, 1.165) is 6.33 Å². The van der Waals surface area contributed by atoms with Gasteiger partial charge >= 0.3 is 5.97 Å². The molecular formula is C24H20FN5O4. The lowest BCUT2D eigenvalue weighted by molar-refractivity contribution is -0.143. The summed E-state index contributed by atoms with van der Waals surface area (Å²) in [6.45, 7) is 1.75. The molecule has 172 valence electrons. The molecule has 0 aliphatic carbocycles. The van der Waals surface area contributed by atoms with E-state index < -0.39 is 23.8 Å². The number of halogens is 1. The quantitative estimate of drug-likeness (QED) is 0.516. The van der Waals surface area contributed by atoms with Crippen LogP contribution in [0.25, 0.3) is 0 Å². The molecular weight excluding hydrogens is 441 g/mol. The van der Waals surface area contributed by atoms with Gasteiger partial charge < -0.3 is 15.4 Å². The summed E-state index contributed by atoms with van der Waals surface area (Å²) in [5.74, 6) is -2.35. The molecule has 0 saturated heterocycles. The fraction of sp³-hybridized carbons (Fsp3) is 0.167. The van der Waals surface area contributed by atoms with Crippen molar-refractivity contribution in [3.63, 3.8) is 0 Å². The number of nitrogens with one attached hydrogen (secondary N) is 2. The third kappa shape index (κ3) is 5.77. The molecule has 3 aromatic rings. The molecule has 1 atom stereocenters. The zero-order valence-corrected chi connectivity index (χ0v) is 18.3. The van der Waals surface area contributed by atoms with Gasteiger partial charge in [-0.3, -0.25) is 9.59 Å². The molecule has 2 amide bonds. The molecule has 10 heteroatoms. The Bertz CT molecular complexity index is 1270. The summed E-state index contributed by atoms with van der Waals surface area (Å²) >= 11 is 0. The van der Waals surface area contributed by atoms with Gasteiger partial charge in [0.25, 0.3) is 11.8 Å². The normalized spacial score (nSPS) is 11.1. The minimum absolute atomic E-state index is 0.0630. The van der Waals surface area contributed by atoms with E-state index in [9.17, 15) is 18.8 Å². The van der Waals surface area contributed by atoms with Gasteiger partial charge in [-0.15, -0.1) is 0 Å². The van der Waals surface area contributed by atoms with Crippen LogP contribution in [0.15, 0.2) is 54.9 Å². The number of carbonyl (C=O) groups is 3. The van der Waals surface area contributed by atoms with Crippen LogP contribution in [0.1, 0.15) is 49.3 Å². The summed E-state index contributed by atoms with van der Waals surface area (Å²) in [5, 5.41) is 14.1. The summed E-state index contributed by atoms with van der Waals surface area (Å²) in [4.78, 5) is 45.3. The van der Waals surface area contributed by atoms with Crippen molar-refractivity contribution in [1.82, 2.24) is 20.6 Å². The van der Waals surface area contributed by atoms with Gasteiger partial charge in [-0.1, -0.05) is 24.3 Å². The topological polar surface area (TPSA) is 134 Å². The minimum Gasteiger partial charge on any atom is -0.467 e. The molecule has 2 aromatic carbocycles. The molecule has 0 radical (unpaired) electrons. The number of rotatable bonds is 7. The van der Waals surface area contributed by atoms with Gasteiger partial charge in [0.2, 0.25) is 0 Å². The molecule has 1 aromatic heterocycles. The predicted molar refractivity (Wildman–Crippen MR) is 118 cm³/mol. The number of nitriles is 1. The summed E-state index contributed by atoms with van der Waals surface area (Å²) in [6, 6.07) is 12.6. The summed E-state index contributed by atoms with van der Waals surface area (Å²) < 4.78 is 18.2. The lowest BCUT2D eigenvalue weighted by Crippen LogP contribution is -2.35. The number of methoxy groups -OCH3 is 1. The number of aryl methyl sites for hydroxylation is 1. The highest BCUT2D eigenvalue weighted by Gasteiger charge is 2.25. The van der Waals surface area contributed by atoms with Gasteiger partial charge in [-0.25, -0.2) is 19.2 Å². The van der Waals surface area contributed by atoms with E-state index >= 15 is 0 Å². The summed E-state index contributed by atoms with van der Waals surface area (Å²) in [5.41, 5.74) is 1.74. The summed E-state index contributed by atoms with van der Waals surface area (Å²) in [6.07, 6.45) is 1.06. The van der Waals surface area contributed by atoms with Gasteiger partial charge in [-0.2, -0.15) is 5.26 Å². The lowest BCUT2D eigenvalue weighted by atomic mass is 10.0. The Labute approximate surface area is 194 Å². The van der Waals surface area contributed by atoms with Gasteiger partial charge in [0.15, 0.2) is 6.04 Å². The highest BCUT2D eigenvalue weighted by molar-refractivity contribution is 5.98. The van der Waals surface area contributed by atoms with Crippen LogP contribution in [0.4, 0.5) is 4.39 Å². The standard InChI is InChI=1S/C24H20FN5O4/c1-14-9-16(5-8-18(14)25)12-27-22(31)19-10-20(29-13-28-19)23(32)30-21(24(33)34-2)17-6-3-15(11-26)4-7-17/h3-10,13,21H,12H2,1-2H3,(H,27,31)(H,30,32)/t21-/m1/s1. The average Bonchev–Trinajstić information content (AvgIpc) is 2.87. The molecule has 3 rings (SSSR count). The van der Waals surface area contributed by atoms with Crippen molar-refractivity contribution in [2.45, 2.75) is 19.5 Å². The van der Waals surface area contributed by atoms with E-state index in [1.807, 2.05) is 6.07 Å². The van der Waals surface area contributed by atoms with Crippen LogP contribution in [-0.4, -0.2) is 34.9 Å². The van der Waals surface area contributed by atoms with Crippen LogP contribution in [0.2, 0.25) is 0 Å². The Morgan fingerprint density at radius 2 is 1.74 bits per heavy atom. The van der Waals surface area contributed by atoms with Crippen LogP contribution in [0.5, 0.6) is 0 Å². The second-order valence-corrected chi connectivity index (χ2v) is 7.22. The largest absolute Gasteiger partial charge is 0.467 e. The number of amides is 2. The SMILES string of the molecule is COC(=O)[C@H](NC(=O)c1cc(C(=O)NCc2ccc(F)c(C)c2)ncn1)c1ccc(C#N)cc1. The van der Waals surface area contributed by atoms with Crippen LogP contribution < -0.4 is 10.6 Å². The second-order valence-electron chi connectivity index (χ2n) is 7.22. The molecule has 0 aliphatic rings. The molecule has 34 heavy (non-hydrogen) atoms. The second kappa shape index (κ2) is 10.8. The smallest absolute Gasteiger partial charge is 0.333 e. The molecule has 0 saturated carbocycles. The molecule has 2 N–H and O–H groups in total. The van der Waals surface area contributed by atoms with E-state index in [4.69, 9.17) is 10.00 Å². The van der Waals surface area contributed by atoms with Crippen LogP contribution in [0, 0.1) is 24.1 Å². The summed E-state index contributed by atoms with van der Waals surface area (Å²) in [7, 11) is 1.18. The van der Waals surface area contributed by atoms with Crippen molar-refractivity contribution in [2.24, 2.45) is 0 Å². The highest BCUT2D eigenvalue weighted by atomic mass is 19.1. The van der Waals surface area contributed by atoms with Crippen molar-refractivity contribution in [3.8, 4) is 6.07 Å². The zero-order valence-electron chi connectivity index (χ0n) is 18.3. The number of nitrogens with zero attached hydrogens (tertiary/aromatic N) is 3. The monoisotopic (exact) mass is 461 g/mol. The van der Waals surface area contributed by atoms with Crippen LogP contribution >= 0.6 is 0 Å². The van der Waals surface area contributed by atoms with Gasteiger partial charge in [-0.05, 0) is 41.8 Å². The Morgan fingerprint density at radius 3 is 2.35 bits per heavy atom. The van der Waals surface area contributed by atoms with E-state index in [1.165, 1.54) is 43.5 Å². The van der Waals surface area contributed by atoms with E-state index in [2.05, 4.69) is 20.6 Å². The molecule has 9 nitrogen and oxygen atoms in total. The van der Waals surface area contributed by atoms with Crippen LogP contribution in [0.3, 0.4) is 0 Å². The fourth-order valence-corrected chi connectivity index (χ4v) is 3.05. The first-order chi connectivity index (χ1) is 16.3. The van der Waals surface area contributed by atoms with E-state index in [1.54, 1.807) is 19.1 Å². The highest BCUT2D eigenvalue weighted by Crippen LogP contribution is 2.16. The molecule has 0 bridgehead atoms. The average molecular weight is 461 g/mol. The molecule has 1 heterocycles. The first-order valence-electron chi connectivity index (χ1n) is 10.1. The zero-order chi connectivity index (χ0) is 24.7. The number of benzene rings is 2. The number of carbonyl (C=O) groups excluding carboxylic acids is 3. The molecule has 0 spiro atoms. The third-order valence-corrected chi connectivity index (χ3v) is 4.89. The number of esters is 1. The number of hydrogen-bond acceptors (Lipinski definition) is 7. The first kappa shape index (κ1) is 24.0. The Kier molecular flexibility index (Phi) is 7.61. The van der Waals surface area contributed by atoms with Crippen molar-refractivity contribution >= 4 is 17.8 Å². The van der Waals surface area contributed by atoms with Crippen molar-refractivity contribution < 1.29 is 23.5 Å². The van der Waals surface area contributed by atoms with Crippen LogP contribution in [-0.2, 0) is 16.1 Å². The van der Waals surface area contributed by atoms with Gasteiger partial charge in [0.1, 0.15) is 23.5 Å². The Morgan fingerprint density at radius 1 is 1.06 bits per heavy atom. The predicted octanol–water partition coefficient (Wildman–Crippen LogP) is 2.37.